The molecule has 114 valence electrons. The van der Waals surface area contributed by atoms with Crippen LogP contribution in [0.4, 0.5) is 0 Å². The first-order valence-corrected chi connectivity index (χ1v) is 8.50. The number of ether oxygens (including phenoxy) is 2. The van der Waals surface area contributed by atoms with Gasteiger partial charge in [0, 0.05) is 11.1 Å². The Morgan fingerprint density at radius 2 is 2.14 bits per heavy atom. The highest BCUT2D eigenvalue weighted by Gasteiger charge is 2.13. The van der Waals surface area contributed by atoms with Crippen LogP contribution in [0.2, 0.25) is 0 Å². The number of benzene rings is 1. The summed E-state index contributed by atoms with van der Waals surface area (Å²) < 4.78 is 12.5. The van der Waals surface area contributed by atoms with Gasteiger partial charge in [0.2, 0.25) is 0 Å². The summed E-state index contributed by atoms with van der Waals surface area (Å²) >= 11 is 5.15. The number of thiazole rings is 1. The van der Waals surface area contributed by atoms with Crippen molar-refractivity contribution in [2.24, 2.45) is 5.73 Å². The van der Waals surface area contributed by atoms with Crippen LogP contribution in [0, 0.1) is 6.92 Å². The maximum Gasteiger partial charge on any atom is 0.175 e. The highest BCUT2D eigenvalue weighted by Crippen LogP contribution is 2.37. The summed E-state index contributed by atoms with van der Waals surface area (Å²) in [6.07, 6.45) is 0.810. The van der Waals surface area contributed by atoms with Crippen LogP contribution in [0.1, 0.15) is 23.2 Å². The van der Waals surface area contributed by atoms with Gasteiger partial charge in [0.15, 0.2) is 11.5 Å². The lowest BCUT2D eigenvalue weighted by molar-refractivity contribution is 0.267. The maximum absolute atomic E-state index is 5.90. The van der Waals surface area contributed by atoms with E-state index < -0.39 is 0 Å². The van der Waals surface area contributed by atoms with E-state index in [1.807, 2.05) is 31.4 Å². The molecule has 0 bridgehead atoms. The Morgan fingerprint density at radius 1 is 1.33 bits per heavy atom. The van der Waals surface area contributed by atoms with Crippen LogP contribution in [0.15, 0.2) is 22.0 Å². The Hall–Kier alpha value is -1.11. The molecule has 0 radical (unpaired) electrons. The predicted octanol–water partition coefficient (Wildman–Crippen LogP) is 3.69. The van der Waals surface area contributed by atoms with Crippen molar-refractivity contribution < 1.29 is 9.47 Å². The molecule has 1 aromatic carbocycles. The van der Waals surface area contributed by atoms with E-state index in [1.54, 1.807) is 11.3 Å². The van der Waals surface area contributed by atoms with Crippen LogP contribution in [-0.4, -0.2) is 18.1 Å². The van der Waals surface area contributed by atoms with Crippen LogP contribution < -0.4 is 15.2 Å². The molecule has 0 aliphatic carbocycles. The van der Waals surface area contributed by atoms with Gasteiger partial charge in [-0.15, -0.1) is 11.3 Å². The molecule has 0 atom stereocenters. The fourth-order valence-electron chi connectivity index (χ4n) is 1.94. The van der Waals surface area contributed by atoms with Crippen molar-refractivity contribution in [3.63, 3.8) is 0 Å². The molecule has 2 rings (SSSR count). The number of rotatable bonds is 7. The summed E-state index contributed by atoms with van der Waals surface area (Å²) in [5.74, 6) is 1.45. The molecule has 0 fully saturated rings. The van der Waals surface area contributed by atoms with Crippen molar-refractivity contribution in [3.05, 3.63) is 38.3 Å². The molecule has 1 aromatic heterocycles. The monoisotopic (exact) mass is 370 g/mol. The molecule has 2 N–H and O–H groups in total. The third-order valence-corrected chi connectivity index (χ3v) is 4.34. The van der Waals surface area contributed by atoms with Crippen LogP contribution in [0.25, 0.3) is 0 Å². The quantitative estimate of drug-likeness (QED) is 0.807. The summed E-state index contributed by atoms with van der Waals surface area (Å²) in [6, 6.07) is 4.02. The maximum atomic E-state index is 5.90. The van der Waals surface area contributed by atoms with E-state index in [4.69, 9.17) is 15.2 Å². The number of hydrogen-bond acceptors (Lipinski definition) is 5. The number of halogens is 1. The molecule has 0 saturated carbocycles. The normalized spacial score (nSPS) is 10.7. The van der Waals surface area contributed by atoms with E-state index in [0.717, 1.165) is 32.9 Å². The van der Waals surface area contributed by atoms with E-state index in [-0.39, 0.29) is 0 Å². The molecular weight excluding hydrogens is 352 g/mol. The summed E-state index contributed by atoms with van der Waals surface area (Å²) in [5, 5.41) is 2.97. The standard InChI is InChI=1S/C15H19BrN2O2S/c1-3-19-13-7-11(4-5-17)6-12(16)15(13)20-8-14-18-10(2)9-21-14/h6-7,9H,3-5,8,17H2,1-2H3. The third kappa shape index (κ3) is 4.43. The van der Waals surface area contributed by atoms with Crippen LogP contribution in [0.3, 0.4) is 0 Å². The molecule has 1 heterocycles. The van der Waals surface area contributed by atoms with Crippen LogP contribution in [-0.2, 0) is 13.0 Å². The Labute approximate surface area is 137 Å². The summed E-state index contributed by atoms with van der Waals surface area (Å²) in [7, 11) is 0. The first-order chi connectivity index (χ1) is 10.1. The zero-order valence-corrected chi connectivity index (χ0v) is 14.6. The first kappa shape index (κ1) is 16.3. The van der Waals surface area contributed by atoms with Crippen molar-refractivity contribution in [1.29, 1.82) is 0 Å². The average molecular weight is 371 g/mol. The lowest BCUT2D eigenvalue weighted by atomic mass is 10.1. The predicted molar refractivity (Wildman–Crippen MR) is 89.3 cm³/mol. The van der Waals surface area contributed by atoms with Gasteiger partial charge in [0.1, 0.15) is 11.6 Å². The zero-order chi connectivity index (χ0) is 15.2. The largest absolute Gasteiger partial charge is 0.490 e. The summed E-state index contributed by atoms with van der Waals surface area (Å²) in [6.45, 7) is 5.57. The van der Waals surface area contributed by atoms with Crippen molar-refractivity contribution >= 4 is 27.3 Å². The number of nitrogens with zero attached hydrogens (tertiary/aromatic N) is 1. The van der Waals surface area contributed by atoms with E-state index in [2.05, 4.69) is 20.9 Å². The van der Waals surface area contributed by atoms with Crippen molar-refractivity contribution in [2.45, 2.75) is 26.9 Å². The average Bonchev–Trinajstić information content (AvgIpc) is 2.84. The summed E-state index contributed by atoms with van der Waals surface area (Å²) in [4.78, 5) is 4.40. The summed E-state index contributed by atoms with van der Waals surface area (Å²) in [5.41, 5.74) is 7.76. The minimum Gasteiger partial charge on any atom is -0.490 e. The zero-order valence-electron chi connectivity index (χ0n) is 12.2. The van der Waals surface area contributed by atoms with Gasteiger partial charge in [-0.05, 0) is 60.4 Å². The van der Waals surface area contributed by atoms with Gasteiger partial charge in [-0.2, -0.15) is 0 Å². The SMILES string of the molecule is CCOc1cc(CCN)cc(Br)c1OCc1nc(C)cs1. The highest BCUT2D eigenvalue weighted by molar-refractivity contribution is 9.10. The molecule has 0 aliphatic heterocycles. The molecule has 0 aliphatic rings. The van der Waals surface area contributed by atoms with Crippen molar-refractivity contribution in [3.8, 4) is 11.5 Å². The second-order valence-electron chi connectivity index (χ2n) is 4.55. The van der Waals surface area contributed by atoms with E-state index in [0.29, 0.717) is 25.5 Å². The topological polar surface area (TPSA) is 57.4 Å². The van der Waals surface area contributed by atoms with Gasteiger partial charge in [-0.25, -0.2) is 4.98 Å². The van der Waals surface area contributed by atoms with Gasteiger partial charge in [0.25, 0.3) is 0 Å². The second kappa shape index (κ2) is 7.77. The van der Waals surface area contributed by atoms with Crippen LogP contribution >= 0.6 is 27.3 Å². The third-order valence-electron chi connectivity index (χ3n) is 2.81. The van der Waals surface area contributed by atoms with E-state index in [1.165, 1.54) is 0 Å². The second-order valence-corrected chi connectivity index (χ2v) is 6.34. The number of aromatic nitrogens is 1. The molecule has 2 aromatic rings. The molecule has 0 spiro atoms. The smallest absolute Gasteiger partial charge is 0.175 e. The molecule has 0 saturated heterocycles. The Morgan fingerprint density at radius 3 is 2.76 bits per heavy atom. The molecule has 21 heavy (non-hydrogen) atoms. The molecule has 6 heteroatoms. The number of hydrogen-bond donors (Lipinski definition) is 1. The lowest BCUT2D eigenvalue weighted by Gasteiger charge is -2.14. The van der Waals surface area contributed by atoms with E-state index >= 15 is 0 Å². The Bertz CT molecular complexity index is 601. The Kier molecular flexibility index (Phi) is 6.02. The Balaban J connectivity index is 2.19. The van der Waals surface area contributed by atoms with Crippen molar-refractivity contribution in [1.82, 2.24) is 4.98 Å². The van der Waals surface area contributed by atoms with Gasteiger partial charge >= 0.3 is 0 Å². The minimum absolute atomic E-state index is 0.438. The fraction of sp³-hybridized carbons (Fsp3) is 0.400. The van der Waals surface area contributed by atoms with Gasteiger partial charge in [-0.1, -0.05) is 0 Å². The van der Waals surface area contributed by atoms with Gasteiger partial charge in [-0.3, -0.25) is 0 Å². The van der Waals surface area contributed by atoms with Gasteiger partial charge in [0.05, 0.1) is 11.1 Å². The molecule has 4 nitrogen and oxygen atoms in total. The molecule has 0 unspecified atom stereocenters. The first-order valence-electron chi connectivity index (χ1n) is 6.83. The fourth-order valence-corrected chi connectivity index (χ4v) is 3.23. The lowest BCUT2D eigenvalue weighted by Crippen LogP contribution is -2.05. The molecular formula is C15H19BrN2O2S. The van der Waals surface area contributed by atoms with Gasteiger partial charge < -0.3 is 15.2 Å². The van der Waals surface area contributed by atoms with Crippen LogP contribution in [0.5, 0.6) is 11.5 Å². The van der Waals surface area contributed by atoms with Crippen molar-refractivity contribution in [2.75, 3.05) is 13.2 Å². The molecule has 0 amide bonds. The minimum atomic E-state index is 0.438. The van der Waals surface area contributed by atoms with E-state index in [9.17, 15) is 0 Å². The number of aryl methyl sites for hydroxylation is 1. The number of nitrogens with two attached hydrogens (primary N) is 1. The highest BCUT2D eigenvalue weighted by atomic mass is 79.9.